The Bertz CT molecular complexity index is 416. The van der Waals surface area contributed by atoms with Crippen molar-refractivity contribution in [2.24, 2.45) is 12.8 Å². The van der Waals surface area contributed by atoms with Gasteiger partial charge in [0.15, 0.2) is 0 Å². The number of amidine groups is 1. The highest BCUT2D eigenvalue weighted by molar-refractivity contribution is 6.01. The molecule has 1 saturated carbocycles. The van der Waals surface area contributed by atoms with E-state index in [1.165, 1.54) is 12.8 Å². The van der Waals surface area contributed by atoms with Crippen LogP contribution < -0.4 is 10.6 Å². The Kier molecular flexibility index (Phi) is 2.61. The monoisotopic (exact) mass is 221 g/mol. The number of aromatic nitrogens is 2. The molecule has 0 saturated heterocycles. The van der Waals surface area contributed by atoms with E-state index in [4.69, 9.17) is 11.1 Å². The normalized spacial score (nSPS) is 15.2. The Morgan fingerprint density at radius 2 is 2.25 bits per heavy atom. The molecule has 0 aliphatic heterocycles. The Morgan fingerprint density at radius 1 is 1.62 bits per heavy atom. The maximum Gasteiger partial charge on any atom is 0.138 e. The minimum Gasteiger partial charge on any atom is -0.384 e. The SMILES string of the molecule is CCN(c1c(C(=N)N)c(C)nn1C)C1CC1. The summed E-state index contributed by atoms with van der Waals surface area (Å²) in [6, 6.07) is 0.609. The van der Waals surface area contributed by atoms with Gasteiger partial charge in [0.2, 0.25) is 0 Å². The number of nitrogens with one attached hydrogen (secondary N) is 1. The quantitative estimate of drug-likeness (QED) is 0.588. The van der Waals surface area contributed by atoms with Crippen molar-refractivity contribution < 1.29 is 0 Å². The molecule has 3 N–H and O–H groups in total. The van der Waals surface area contributed by atoms with E-state index >= 15 is 0 Å². The van der Waals surface area contributed by atoms with Crippen LogP contribution in [0.3, 0.4) is 0 Å². The zero-order valence-electron chi connectivity index (χ0n) is 10.1. The summed E-state index contributed by atoms with van der Waals surface area (Å²) in [4.78, 5) is 2.30. The smallest absolute Gasteiger partial charge is 0.138 e. The number of hydrogen-bond acceptors (Lipinski definition) is 3. The topological polar surface area (TPSA) is 70.9 Å². The molecule has 1 aliphatic carbocycles. The molecule has 88 valence electrons. The van der Waals surface area contributed by atoms with E-state index in [9.17, 15) is 0 Å². The second-order valence-corrected chi connectivity index (χ2v) is 4.34. The van der Waals surface area contributed by atoms with Crippen molar-refractivity contribution in [2.45, 2.75) is 32.7 Å². The first-order valence-corrected chi connectivity index (χ1v) is 5.70. The second kappa shape index (κ2) is 3.81. The van der Waals surface area contributed by atoms with E-state index in [2.05, 4.69) is 16.9 Å². The third kappa shape index (κ3) is 1.66. The Hall–Kier alpha value is -1.52. The number of rotatable bonds is 4. The summed E-state index contributed by atoms with van der Waals surface area (Å²) in [6.45, 7) is 4.97. The molecule has 0 atom stereocenters. The zero-order valence-corrected chi connectivity index (χ0v) is 10.1. The van der Waals surface area contributed by atoms with Gasteiger partial charge in [-0.1, -0.05) is 0 Å². The molecule has 0 aromatic carbocycles. The molecule has 1 aromatic heterocycles. The highest BCUT2D eigenvalue weighted by Gasteiger charge is 2.32. The Balaban J connectivity index is 2.48. The molecule has 1 aromatic rings. The first kappa shape index (κ1) is 11.0. The summed E-state index contributed by atoms with van der Waals surface area (Å²) >= 11 is 0. The van der Waals surface area contributed by atoms with Crippen LogP contribution >= 0.6 is 0 Å². The van der Waals surface area contributed by atoms with E-state index in [1.54, 1.807) is 0 Å². The fraction of sp³-hybridized carbons (Fsp3) is 0.636. The van der Waals surface area contributed by atoms with Crippen LogP contribution in [0, 0.1) is 12.3 Å². The third-order valence-electron chi connectivity index (χ3n) is 3.06. The molecule has 1 heterocycles. The van der Waals surface area contributed by atoms with Crippen LogP contribution in [-0.4, -0.2) is 28.2 Å². The van der Waals surface area contributed by atoms with Gasteiger partial charge in [0, 0.05) is 19.6 Å². The van der Waals surface area contributed by atoms with Crippen molar-refractivity contribution in [1.29, 1.82) is 5.41 Å². The summed E-state index contributed by atoms with van der Waals surface area (Å²) in [7, 11) is 1.92. The van der Waals surface area contributed by atoms with Gasteiger partial charge in [0.1, 0.15) is 11.7 Å². The summed E-state index contributed by atoms with van der Waals surface area (Å²) in [5, 5.41) is 12.0. The van der Waals surface area contributed by atoms with Gasteiger partial charge in [0.05, 0.1) is 11.3 Å². The number of nitrogens with zero attached hydrogens (tertiary/aromatic N) is 3. The molecule has 5 heteroatoms. The van der Waals surface area contributed by atoms with Crippen LogP contribution in [0.25, 0.3) is 0 Å². The molecule has 2 rings (SSSR count). The lowest BCUT2D eigenvalue weighted by Crippen LogP contribution is -2.29. The number of anilines is 1. The van der Waals surface area contributed by atoms with Gasteiger partial charge in [-0.25, -0.2) is 0 Å². The predicted octanol–water partition coefficient (Wildman–Crippen LogP) is 1.00. The fourth-order valence-electron chi connectivity index (χ4n) is 2.26. The predicted molar refractivity (Wildman–Crippen MR) is 65.0 cm³/mol. The Morgan fingerprint density at radius 3 is 2.69 bits per heavy atom. The number of aryl methyl sites for hydroxylation is 2. The summed E-state index contributed by atoms with van der Waals surface area (Å²) < 4.78 is 1.84. The van der Waals surface area contributed by atoms with Crippen LogP contribution in [0.1, 0.15) is 31.0 Å². The first-order chi connectivity index (χ1) is 7.56. The lowest BCUT2D eigenvalue weighted by Gasteiger charge is -2.23. The van der Waals surface area contributed by atoms with Crippen molar-refractivity contribution in [3.63, 3.8) is 0 Å². The van der Waals surface area contributed by atoms with Crippen molar-refractivity contribution in [1.82, 2.24) is 9.78 Å². The molecular weight excluding hydrogens is 202 g/mol. The number of nitrogen functional groups attached to an aromatic ring is 1. The van der Waals surface area contributed by atoms with Gasteiger partial charge in [-0.05, 0) is 26.7 Å². The molecule has 5 nitrogen and oxygen atoms in total. The molecule has 1 fully saturated rings. The first-order valence-electron chi connectivity index (χ1n) is 5.70. The average molecular weight is 221 g/mol. The van der Waals surface area contributed by atoms with Crippen molar-refractivity contribution in [2.75, 3.05) is 11.4 Å². The molecular formula is C11H19N5. The van der Waals surface area contributed by atoms with Crippen LogP contribution in [0.5, 0.6) is 0 Å². The second-order valence-electron chi connectivity index (χ2n) is 4.34. The third-order valence-corrected chi connectivity index (χ3v) is 3.06. The van der Waals surface area contributed by atoms with E-state index in [0.717, 1.165) is 23.6 Å². The molecule has 0 bridgehead atoms. The van der Waals surface area contributed by atoms with E-state index in [0.29, 0.717) is 6.04 Å². The molecule has 0 amide bonds. The maximum atomic E-state index is 7.66. The van der Waals surface area contributed by atoms with E-state index in [-0.39, 0.29) is 5.84 Å². The van der Waals surface area contributed by atoms with Gasteiger partial charge in [-0.3, -0.25) is 10.1 Å². The van der Waals surface area contributed by atoms with Gasteiger partial charge in [-0.2, -0.15) is 5.10 Å². The largest absolute Gasteiger partial charge is 0.384 e. The van der Waals surface area contributed by atoms with E-state index < -0.39 is 0 Å². The zero-order chi connectivity index (χ0) is 11.9. The highest BCUT2D eigenvalue weighted by Crippen LogP contribution is 2.33. The maximum absolute atomic E-state index is 7.66. The standard InChI is InChI=1S/C11H19N5/c1-4-16(8-5-6-8)11-9(10(12)13)7(2)14-15(11)3/h8H,4-6H2,1-3H3,(H3,12,13). The highest BCUT2D eigenvalue weighted by atomic mass is 15.4. The Labute approximate surface area is 95.7 Å². The molecule has 0 spiro atoms. The van der Waals surface area contributed by atoms with Crippen molar-refractivity contribution in [3.8, 4) is 0 Å². The molecule has 0 radical (unpaired) electrons. The van der Waals surface area contributed by atoms with Gasteiger partial charge < -0.3 is 10.6 Å². The van der Waals surface area contributed by atoms with E-state index in [1.807, 2.05) is 18.7 Å². The van der Waals surface area contributed by atoms with Gasteiger partial charge >= 0.3 is 0 Å². The van der Waals surface area contributed by atoms with Crippen LogP contribution in [0.4, 0.5) is 5.82 Å². The van der Waals surface area contributed by atoms with Crippen LogP contribution in [0.15, 0.2) is 0 Å². The number of nitrogens with two attached hydrogens (primary N) is 1. The van der Waals surface area contributed by atoms with Crippen LogP contribution in [-0.2, 0) is 7.05 Å². The average Bonchev–Trinajstić information content (AvgIpc) is 2.96. The summed E-state index contributed by atoms with van der Waals surface area (Å²) in [6.07, 6.45) is 2.46. The number of hydrogen-bond donors (Lipinski definition) is 2. The van der Waals surface area contributed by atoms with Crippen molar-refractivity contribution >= 4 is 11.7 Å². The lowest BCUT2D eigenvalue weighted by molar-refractivity contribution is 0.703. The minimum absolute atomic E-state index is 0.111. The molecule has 1 aliphatic rings. The van der Waals surface area contributed by atoms with Crippen molar-refractivity contribution in [3.05, 3.63) is 11.3 Å². The van der Waals surface area contributed by atoms with Gasteiger partial charge in [0.25, 0.3) is 0 Å². The molecule has 0 unspecified atom stereocenters. The fourth-order valence-corrected chi connectivity index (χ4v) is 2.26. The lowest BCUT2D eigenvalue weighted by atomic mass is 10.2. The van der Waals surface area contributed by atoms with Gasteiger partial charge in [-0.15, -0.1) is 0 Å². The summed E-state index contributed by atoms with van der Waals surface area (Å²) in [5.74, 6) is 1.11. The van der Waals surface area contributed by atoms with Crippen LogP contribution in [0.2, 0.25) is 0 Å². The minimum atomic E-state index is 0.111. The summed E-state index contributed by atoms with van der Waals surface area (Å²) in [5.41, 5.74) is 7.27. The molecule has 16 heavy (non-hydrogen) atoms.